The molecule has 182 valence electrons. The molecule has 3 aromatic rings. The number of amides is 1. The first-order valence-electron chi connectivity index (χ1n) is 10.6. The Morgan fingerprint density at radius 3 is 2.14 bits per heavy atom. The number of anilines is 2. The molecule has 1 N–H and O–H groups in total. The zero-order chi connectivity index (χ0) is 25.7. The van der Waals surface area contributed by atoms with Gasteiger partial charge in [-0.25, -0.2) is 4.98 Å². The predicted molar refractivity (Wildman–Crippen MR) is 128 cm³/mol. The molecule has 1 aliphatic rings. The van der Waals surface area contributed by atoms with E-state index in [-0.39, 0.29) is 11.3 Å². The van der Waals surface area contributed by atoms with Gasteiger partial charge < -0.3 is 10.0 Å². The maximum Gasteiger partial charge on any atom is 0.416 e. The van der Waals surface area contributed by atoms with Gasteiger partial charge in [-0.1, -0.05) is 12.1 Å². The number of thiazole rings is 1. The number of ketones is 1. The van der Waals surface area contributed by atoms with Crippen LogP contribution in [0, 0.1) is 13.8 Å². The van der Waals surface area contributed by atoms with Gasteiger partial charge in [0, 0.05) is 25.5 Å². The van der Waals surface area contributed by atoms with Crippen molar-refractivity contribution >= 4 is 34.4 Å². The van der Waals surface area contributed by atoms with E-state index in [9.17, 15) is 27.9 Å². The average molecular weight is 502 g/mol. The van der Waals surface area contributed by atoms with Crippen molar-refractivity contribution in [3.8, 4) is 0 Å². The number of benzene rings is 2. The van der Waals surface area contributed by atoms with E-state index in [2.05, 4.69) is 4.98 Å². The molecule has 0 saturated carbocycles. The molecule has 1 amide bonds. The molecule has 0 bridgehead atoms. The van der Waals surface area contributed by atoms with Gasteiger partial charge >= 0.3 is 6.18 Å². The lowest BCUT2D eigenvalue weighted by atomic mass is 9.94. The van der Waals surface area contributed by atoms with Crippen LogP contribution in [0.25, 0.3) is 0 Å². The van der Waals surface area contributed by atoms with E-state index in [1.807, 2.05) is 19.0 Å². The number of carbonyl (C=O) groups is 2. The molecule has 4 rings (SSSR count). The van der Waals surface area contributed by atoms with Gasteiger partial charge in [0.15, 0.2) is 5.76 Å². The maximum absolute atomic E-state index is 13.6. The third kappa shape index (κ3) is 4.41. The van der Waals surface area contributed by atoms with Crippen LogP contribution in [-0.2, 0) is 11.0 Å². The Morgan fingerprint density at radius 1 is 1.06 bits per heavy atom. The van der Waals surface area contributed by atoms with Crippen molar-refractivity contribution in [3.05, 3.63) is 86.6 Å². The highest BCUT2D eigenvalue weighted by Crippen LogP contribution is 2.43. The topological polar surface area (TPSA) is 73.7 Å². The van der Waals surface area contributed by atoms with Crippen molar-refractivity contribution < 1.29 is 27.9 Å². The normalized spacial score (nSPS) is 16.3. The Balaban J connectivity index is 1.85. The Morgan fingerprint density at radius 2 is 1.66 bits per heavy atom. The minimum absolute atomic E-state index is 0.122. The van der Waals surface area contributed by atoms with E-state index in [1.165, 1.54) is 0 Å². The fraction of sp³-hybridized carbons (Fsp3) is 0.240. The van der Waals surface area contributed by atoms with E-state index >= 15 is 0 Å². The van der Waals surface area contributed by atoms with E-state index in [0.717, 1.165) is 46.2 Å². The Bertz CT molecular complexity index is 1330. The molecule has 2 aromatic carbocycles. The number of carbonyl (C=O) groups excluding carboxylic acids is 2. The van der Waals surface area contributed by atoms with Crippen molar-refractivity contribution in [1.82, 2.24) is 4.98 Å². The number of rotatable bonds is 5. The summed E-state index contributed by atoms with van der Waals surface area (Å²) < 4.78 is 39.3. The van der Waals surface area contributed by atoms with Crippen molar-refractivity contribution in [2.45, 2.75) is 26.1 Å². The van der Waals surface area contributed by atoms with Gasteiger partial charge in [0.2, 0.25) is 5.78 Å². The molecule has 35 heavy (non-hydrogen) atoms. The van der Waals surface area contributed by atoms with Crippen molar-refractivity contribution in [2.75, 3.05) is 23.9 Å². The second kappa shape index (κ2) is 8.84. The fourth-order valence-electron chi connectivity index (χ4n) is 4.05. The van der Waals surface area contributed by atoms with Gasteiger partial charge in [-0.2, -0.15) is 13.2 Å². The molecular weight excluding hydrogens is 479 g/mol. The van der Waals surface area contributed by atoms with Crippen LogP contribution in [0.5, 0.6) is 0 Å². The highest BCUT2D eigenvalue weighted by atomic mass is 32.1. The van der Waals surface area contributed by atoms with Gasteiger partial charge in [-0.3, -0.25) is 14.5 Å². The molecule has 0 aliphatic carbocycles. The van der Waals surface area contributed by atoms with Gasteiger partial charge in [-0.15, -0.1) is 11.3 Å². The van der Waals surface area contributed by atoms with E-state index < -0.39 is 35.2 Å². The van der Waals surface area contributed by atoms with Gasteiger partial charge in [0.05, 0.1) is 32.8 Å². The SMILES string of the molecule is Cc1nc(C)c(C(=O)C2=C(O)C(=O)N(c3ccc(C(F)(F)F)cc3)C2c2ccc(N(C)C)cc2)s1. The minimum atomic E-state index is -4.54. The maximum atomic E-state index is 13.6. The highest BCUT2D eigenvalue weighted by Gasteiger charge is 2.45. The minimum Gasteiger partial charge on any atom is -0.503 e. The summed E-state index contributed by atoms with van der Waals surface area (Å²) in [5.41, 5.74) is 0.976. The lowest BCUT2D eigenvalue weighted by Crippen LogP contribution is -2.31. The monoisotopic (exact) mass is 501 g/mol. The number of aryl methyl sites for hydroxylation is 2. The number of aromatic nitrogens is 1. The van der Waals surface area contributed by atoms with E-state index in [0.29, 0.717) is 21.1 Å². The first kappa shape index (κ1) is 24.5. The number of hydrogen-bond acceptors (Lipinski definition) is 6. The lowest BCUT2D eigenvalue weighted by molar-refractivity contribution is -0.137. The molecule has 0 fully saturated rings. The summed E-state index contributed by atoms with van der Waals surface area (Å²) in [7, 11) is 3.72. The molecule has 10 heteroatoms. The van der Waals surface area contributed by atoms with Crippen LogP contribution in [0.2, 0.25) is 0 Å². The van der Waals surface area contributed by atoms with Crippen molar-refractivity contribution in [1.29, 1.82) is 0 Å². The third-order valence-corrected chi connectivity index (χ3v) is 6.83. The standard InChI is InChI=1S/C25H22F3N3O3S/c1-13-23(35-14(2)29-13)21(32)19-20(15-5-9-17(10-6-15)30(3)4)31(24(34)22(19)33)18-11-7-16(8-12-18)25(26,27)28/h5-12,20,33H,1-4H3. The number of aliphatic hydroxyl groups excluding tert-OH is 1. The Hall–Kier alpha value is -3.66. The zero-order valence-electron chi connectivity index (χ0n) is 19.3. The molecule has 0 spiro atoms. The second-order valence-corrected chi connectivity index (χ2v) is 9.55. The molecule has 1 aromatic heterocycles. The number of halogens is 3. The van der Waals surface area contributed by atoms with Crippen LogP contribution in [0.3, 0.4) is 0 Å². The summed E-state index contributed by atoms with van der Waals surface area (Å²) in [5.74, 6) is -2.15. The first-order chi connectivity index (χ1) is 16.4. The summed E-state index contributed by atoms with van der Waals surface area (Å²) in [6.07, 6.45) is -4.54. The Kier molecular flexibility index (Phi) is 6.18. The lowest BCUT2D eigenvalue weighted by Gasteiger charge is -2.27. The quantitative estimate of drug-likeness (QED) is 0.459. The fourth-order valence-corrected chi connectivity index (χ4v) is 4.92. The second-order valence-electron chi connectivity index (χ2n) is 8.35. The molecule has 1 aliphatic heterocycles. The number of alkyl halides is 3. The molecule has 1 unspecified atom stereocenters. The summed E-state index contributed by atoms with van der Waals surface area (Å²) >= 11 is 1.15. The van der Waals surface area contributed by atoms with Crippen LogP contribution in [0.1, 0.15) is 37.5 Å². The number of Topliss-reactive ketones (excluding diaryl/α,β-unsaturated/α-hetero) is 1. The van der Waals surface area contributed by atoms with Crippen LogP contribution in [-0.4, -0.2) is 35.9 Å². The smallest absolute Gasteiger partial charge is 0.416 e. The molecule has 1 atom stereocenters. The van der Waals surface area contributed by atoms with Crippen molar-refractivity contribution in [2.24, 2.45) is 0 Å². The first-order valence-corrected chi connectivity index (χ1v) is 11.4. The third-order valence-electron chi connectivity index (χ3n) is 5.76. The molecule has 0 saturated heterocycles. The van der Waals surface area contributed by atoms with Gasteiger partial charge in [0.1, 0.15) is 0 Å². The van der Waals surface area contributed by atoms with Crippen LogP contribution in [0.15, 0.2) is 59.9 Å². The van der Waals surface area contributed by atoms with Crippen LogP contribution in [0.4, 0.5) is 24.5 Å². The van der Waals surface area contributed by atoms with Crippen LogP contribution >= 0.6 is 11.3 Å². The number of nitrogens with zero attached hydrogens (tertiary/aromatic N) is 3. The average Bonchev–Trinajstić information content (AvgIpc) is 3.28. The van der Waals surface area contributed by atoms with Crippen LogP contribution < -0.4 is 9.80 Å². The molecule has 0 radical (unpaired) electrons. The van der Waals surface area contributed by atoms with Crippen molar-refractivity contribution in [3.63, 3.8) is 0 Å². The number of aliphatic hydroxyl groups is 1. The number of hydrogen-bond donors (Lipinski definition) is 1. The summed E-state index contributed by atoms with van der Waals surface area (Å²) in [4.78, 5) is 34.4. The molecular formula is C25H22F3N3O3S. The summed E-state index contributed by atoms with van der Waals surface area (Å²) in [6, 6.07) is 10.0. The highest BCUT2D eigenvalue weighted by molar-refractivity contribution is 7.14. The largest absolute Gasteiger partial charge is 0.503 e. The van der Waals surface area contributed by atoms with Gasteiger partial charge in [-0.05, 0) is 55.8 Å². The van der Waals surface area contributed by atoms with E-state index in [1.54, 1.807) is 38.1 Å². The zero-order valence-corrected chi connectivity index (χ0v) is 20.2. The molecule has 2 heterocycles. The van der Waals surface area contributed by atoms with E-state index in [4.69, 9.17) is 0 Å². The van der Waals surface area contributed by atoms with Gasteiger partial charge in [0.25, 0.3) is 5.91 Å². The summed E-state index contributed by atoms with van der Waals surface area (Å²) in [6.45, 7) is 3.41. The molecule has 6 nitrogen and oxygen atoms in total. The predicted octanol–water partition coefficient (Wildman–Crippen LogP) is 5.63. The summed E-state index contributed by atoms with van der Waals surface area (Å²) in [5, 5.41) is 11.5. The Labute approximate surface area is 203 Å².